The lowest BCUT2D eigenvalue weighted by Crippen LogP contribution is -2.30. The molecule has 28 heavy (non-hydrogen) atoms. The molecular weight excluding hydrogens is 354 g/mol. The molecule has 0 fully saturated rings. The van der Waals surface area contributed by atoms with Gasteiger partial charge in [0.2, 0.25) is 0 Å². The predicted octanol–water partition coefficient (Wildman–Crippen LogP) is 4.05. The van der Waals surface area contributed by atoms with E-state index in [1.165, 1.54) is 0 Å². The van der Waals surface area contributed by atoms with Crippen LogP contribution >= 0.6 is 0 Å². The number of carbonyl (C=O) groups is 1. The van der Waals surface area contributed by atoms with E-state index in [4.69, 9.17) is 9.47 Å². The molecule has 0 spiro atoms. The number of carbonyl (C=O) groups excluding carboxylic acids is 1. The summed E-state index contributed by atoms with van der Waals surface area (Å²) in [5.74, 6) is 1.36. The predicted molar refractivity (Wildman–Crippen MR) is 107 cm³/mol. The molecule has 0 bridgehead atoms. The zero-order valence-electron chi connectivity index (χ0n) is 16.2. The Balaban J connectivity index is 1.92. The average molecular weight is 377 g/mol. The Morgan fingerprint density at radius 1 is 1.11 bits per heavy atom. The van der Waals surface area contributed by atoms with Gasteiger partial charge in [0.25, 0.3) is 5.91 Å². The molecule has 6 nitrogen and oxygen atoms in total. The Bertz CT molecular complexity index is 998. The minimum Gasteiger partial charge on any atom is -0.497 e. The number of hydrogen-bond donors (Lipinski definition) is 1. The van der Waals surface area contributed by atoms with Crippen molar-refractivity contribution in [3.8, 4) is 22.8 Å². The minimum atomic E-state index is -0.266. The molecular formula is C22H23N3O3. The average Bonchev–Trinajstić information content (AvgIpc) is 3.28. The maximum Gasteiger partial charge on any atom is 0.273 e. The largest absolute Gasteiger partial charge is 0.497 e. The summed E-state index contributed by atoms with van der Waals surface area (Å²) in [6.07, 6.45) is 0.860. The van der Waals surface area contributed by atoms with Crippen molar-refractivity contribution in [1.82, 2.24) is 15.1 Å². The molecule has 2 aromatic carbocycles. The van der Waals surface area contributed by atoms with Crippen molar-refractivity contribution in [3.05, 3.63) is 65.4 Å². The molecule has 0 radical (unpaired) electrons. The molecule has 1 aliphatic rings. The lowest BCUT2D eigenvalue weighted by molar-refractivity contribution is 0.0742. The third kappa shape index (κ3) is 2.81. The first-order valence-electron chi connectivity index (χ1n) is 9.36. The van der Waals surface area contributed by atoms with Gasteiger partial charge in [-0.3, -0.25) is 9.89 Å². The van der Waals surface area contributed by atoms with Gasteiger partial charge < -0.3 is 14.4 Å². The fourth-order valence-corrected chi connectivity index (χ4v) is 3.85. The summed E-state index contributed by atoms with van der Waals surface area (Å²) in [5.41, 5.74) is 4.14. The highest BCUT2D eigenvalue weighted by molar-refractivity contribution is 6.00. The van der Waals surface area contributed by atoms with Gasteiger partial charge in [-0.1, -0.05) is 37.3 Å². The molecule has 1 aliphatic heterocycles. The van der Waals surface area contributed by atoms with Gasteiger partial charge in [-0.05, 0) is 18.6 Å². The van der Waals surface area contributed by atoms with Crippen molar-refractivity contribution in [3.63, 3.8) is 0 Å². The number of benzene rings is 2. The second kappa shape index (κ2) is 7.38. The Hall–Kier alpha value is -3.28. The molecule has 0 aliphatic carbocycles. The van der Waals surface area contributed by atoms with Gasteiger partial charge in [0.1, 0.15) is 17.2 Å². The van der Waals surface area contributed by atoms with Crippen LogP contribution in [0.5, 0.6) is 11.5 Å². The molecule has 1 aromatic heterocycles. The SMILES string of the molecule is CCCN1C(=O)c2[nH]nc(-c3ccccc3)c2C1c1ccc(OC)cc1OC. The normalized spacial score (nSPS) is 15.6. The van der Waals surface area contributed by atoms with Crippen LogP contribution in [0.15, 0.2) is 48.5 Å². The first kappa shape index (κ1) is 18.1. The van der Waals surface area contributed by atoms with E-state index in [1.807, 2.05) is 53.4 Å². The second-order valence-electron chi connectivity index (χ2n) is 6.74. The van der Waals surface area contributed by atoms with Crippen LogP contribution in [-0.2, 0) is 0 Å². The van der Waals surface area contributed by atoms with Gasteiger partial charge in [-0.15, -0.1) is 0 Å². The number of nitrogens with zero attached hydrogens (tertiary/aromatic N) is 2. The van der Waals surface area contributed by atoms with Crippen LogP contribution in [0.25, 0.3) is 11.3 Å². The van der Waals surface area contributed by atoms with E-state index >= 15 is 0 Å². The second-order valence-corrected chi connectivity index (χ2v) is 6.74. The van der Waals surface area contributed by atoms with Gasteiger partial charge in [0.15, 0.2) is 0 Å². The van der Waals surface area contributed by atoms with Crippen molar-refractivity contribution in [2.45, 2.75) is 19.4 Å². The Kier molecular flexibility index (Phi) is 4.77. The van der Waals surface area contributed by atoms with E-state index in [1.54, 1.807) is 14.2 Å². The summed E-state index contributed by atoms with van der Waals surface area (Å²) in [6.45, 7) is 2.72. The smallest absolute Gasteiger partial charge is 0.273 e. The zero-order chi connectivity index (χ0) is 19.7. The van der Waals surface area contributed by atoms with Crippen LogP contribution in [0.1, 0.15) is 41.0 Å². The molecule has 1 atom stereocenters. The Morgan fingerprint density at radius 2 is 1.89 bits per heavy atom. The van der Waals surface area contributed by atoms with Crippen molar-refractivity contribution in [2.24, 2.45) is 0 Å². The van der Waals surface area contributed by atoms with Crippen LogP contribution in [0.4, 0.5) is 0 Å². The van der Waals surface area contributed by atoms with Crippen molar-refractivity contribution < 1.29 is 14.3 Å². The lowest BCUT2D eigenvalue weighted by atomic mass is 9.95. The van der Waals surface area contributed by atoms with Crippen molar-refractivity contribution in [1.29, 1.82) is 0 Å². The van der Waals surface area contributed by atoms with Gasteiger partial charge in [-0.2, -0.15) is 5.10 Å². The first-order chi connectivity index (χ1) is 13.7. The van der Waals surface area contributed by atoms with Crippen LogP contribution in [0.3, 0.4) is 0 Å². The summed E-state index contributed by atoms with van der Waals surface area (Å²) in [7, 11) is 3.26. The van der Waals surface area contributed by atoms with E-state index in [2.05, 4.69) is 17.1 Å². The van der Waals surface area contributed by atoms with Crippen LogP contribution in [-0.4, -0.2) is 41.8 Å². The van der Waals surface area contributed by atoms with Crippen LogP contribution < -0.4 is 9.47 Å². The third-order valence-electron chi connectivity index (χ3n) is 5.11. The summed E-state index contributed by atoms with van der Waals surface area (Å²) < 4.78 is 11.0. The van der Waals surface area contributed by atoms with Crippen molar-refractivity contribution in [2.75, 3.05) is 20.8 Å². The molecule has 3 aromatic rings. The number of H-pyrrole nitrogens is 1. The fraction of sp³-hybridized carbons (Fsp3) is 0.273. The number of rotatable bonds is 6. The molecule has 4 rings (SSSR count). The summed E-state index contributed by atoms with van der Waals surface area (Å²) >= 11 is 0. The van der Waals surface area contributed by atoms with Gasteiger partial charge in [0.05, 0.1) is 26.0 Å². The quantitative estimate of drug-likeness (QED) is 0.704. The molecule has 6 heteroatoms. The van der Waals surface area contributed by atoms with E-state index in [9.17, 15) is 4.79 Å². The highest BCUT2D eigenvalue weighted by Gasteiger charge is 2.42. The number of methoxy groups -OCH3 is 2. The number of nitrogens with one attached hydrogen (secondary N) is 1. The maximum absolute atomic E-state index is 13.1. The van der Waals surface area contributed by atoms with E-state index in [-0.39, 0.29) is 11.9 Å². The topological polar surface area (TPSA) is 67.5 Å². The molecule has 1 amide bonds. The fourth-order valence-electron chi connectivity index (χ4n) is 3.85. The molecule has 1 N–H and O–H groups in total. The van der Waals surface area contributed by atoms with Gasteiger partial charge in [-0.25, -0.2) is 0 Å². The summed E-state index contributed by atoms with van der Waals surface area (Å²) in [5, 5.41) is 7.46. The molecule has 1 unspecified atom stereocenters. The van der Waals surface area contributed by atoms with Gasteiger partial charge >= 0.3 is 0 Å². The number of amides is 1. The standard InChI is InChI=1S/C22H23N3O3/c1-4-12-25-21(16-11-10-15(27-2)13-17(16)28-3)18-19(14-8-6-5-7-9-14)23-24-20(18)22(25)26/h5-11,13,21H,4,12H2,1-3H3,(H,23,24). The number of aromatic amines is 1. The third-order valence-corrected chi connectivity index (χ3v) is 5.11. The summed E-state index contributed by atoms with van der Waals surface area (Å²) in [6, 6.07) is 15.4. The highest BCUT2D eigenvalue weighted by atomic mass is 16.5. The van der Waals surface area contributed by atoms with Crippen molar-refractivity contribution >= 4 is 5.91 Å². The monoisotopic (exact) mass is 377 g/mol. The van der Waals surface area contributed by atoms with E-state index < -0.39 is 0 Å². The number of fused-ring (bicyclic) bond motifs is 1. The van der Waals surface area contributed by atoms with E-state index in [0.29, 0.717) is 23.7 Å². The Labute approximate surface area is 164 Å². The Morgan fingerprint density at radius 3 is 2.57 bits per heavy atom. The molecule has 0 saturated carbocycles. The van der Waals surface area contributed by atoms with Gasteiger partial charge in [0, 0.05) is 29.3 Å². The van der Waals surface area contributed by atoms with E-state index in [0.717, 1.165) is 28.8 Å². The van der Waals surface area contributed by atoms with Crippen LogP contribution in [0.2, 0.25) is 0 Å². The molecule has 2 heterocycles. The number of hydrogen-bond acceptors (Lipinski definition) is 4. The van der Waals surface area contributed by atoms with Crippen LogP contribution in [0, 0.1) is 0 Å². The number of aromatic nitrogens is 2. The molecule has 0 saturated heterocycles. The summed E-state index contributed by atoms with van der Waals surface area (Å²) in [4.78, 5) is 15.0. The highest BCUT2D eigenvalue weighted by Crippen LogP contribution is 2.45. The number of ether oxygens (including phenoxy) is 2. The minimum absolute atomic E-state index is 0.0330. The zero-order valence-corrected chi connectivity index (χ0v) is 16.2. The first-order valence-corrected chi connectivity index (χ1v) is 9.36. The molecule has 144 valence electrons. The maximum atomic E-state index is 13.1. The lowest BCUT2D eigenvalue weighted by Gasteiger charge is -2.27.